The second-order valence-electron chi connectivity index (χ2n) is 5.87. The van der Waals surface area contributed by atoms with Gasteiger partial charge in [-0.3, -0.25) is 9.89 Å². The number of anilines is 1. The second kappa shape index (κ2) is 7.65. The van der Waals surface area contributed by atoms with Crippen molar-refractivity contribution < 1.29 is 19.4 Å². The third-order valence-electron chi connectivity index (χ3n) is 3.47. The molecule has 9 heteroatoms. The zero-order valence-corrected chi connectivity index (χ0v) is 14.6. The van der Waals surface area contributed by atoms with Crippen LogP contribution in [0.1, 0.15) is 34.8 Å². The zero-order chi connectivity index (χ0) is 19.4. The van der Waals surface area contributed by atoms with Crippen molar-refractivity contribution in [2.24, 2.45) is 0 Å². The number of carbonyl (C=O) groups is 2. The molecule has 1 aromatic carbocycles. The van der Waals surface area contributed by atoms with Crippen molar-refractivity contribution in [3.8, 4) is 17.0 Å². The summed E-state index contributed by atoms with van der Waals surface area (Å²) in [6.07, 6.45) is 2.54. The van der Waals surface area contributed by atoms with E-state index >= 15 is 0 Å². The first kappa shape index (κ1) is 18.1. The highest BCUT2D eigenvalue weighted by atomic mass is 16.5. The first-order valence-electron chi connectivity index (χ1n) is 8.12. The summed E-state index contributed by atoms with van der Waals surface area (Å²) in [6, 6.07) is 9.04. The lowest BCUT2D eigenvalue weighted by atomic mass is 10.1. The van der Waals surface area contributed by atoms with E-state index in [4.69, 9.17) is 9.84 Å². The maximum atomic E-state index is 12.3. The molecule has 9 nitrogen and oxygen atoms in total. The summed E-state index contributed by atoms with van der Waals surface area (Å²) in [5, 5.41) is 18.4. The number of hydrogen-bond donors (Lipinski definition) is 3. The summed E-state index contributed by atoms with van der Waals surface area (Å²) in [6.45, 7) is 3.90. The predicted molar refractivity (Wildman–Crippen MR) is 96.7 cm³/mol. The number of aromatic carboxylic acids is 1. The minimum atomic E-state index is -1.33. The Morgan fingerprint density at radius 1 is 1.11 bits per heavy atom. The van der Waals surface area contributed by atoms with Gasteiger partial charge in [0.15, 0.2) is 17.2 Å². The summed E-state index contributed by atoms with van der Waals surface area (Å²) in [7, 11) is 0. The number of aromatic nitrogens is 4. The molecule has 0 saturated heterocycles. The van der Waals surface area contributed by atoms with Crippen LogP contribution < -0.4 is 10.1 Å². The largest absolute Gasteiger partial charge is 0.491 e. The molecule has 3 N–H and O–H groups in total. The topological polar surface area (TPSA) is 130 Å². The number of H-pyrrole nitrogens is 1. The van der Waals surface area contributed by atoms with Gasteiger partial charge in [-0.1, -0.05) is 0 Å². The molecule has 2 aromatic heterocycles. The van der Waals surface area contributed by atoms with Crippen LogP contribution in [0.15, 0.2) is 42.7 Å². The molecule has 1 amide bonds. The Balaban J connectivity index is 1.75. The van der Waals surface area contributed by atoms with Gasteiger partial charge < -0.3 is 15.2 Å². The van der Waals surface area contributed by atoms with Gasteiger partial charge in [0.05, 0.1) is 11.8 Å². The van der Waals surface area contributed by atoms with Crippen LogP contribution in [0.4, 0.5) is 5.82 Å². The number of nitrogens with zero attached hydrogens (tertiary/aromatic N) is 3. The molecule has 138 valence electrons. The highest BCUT2D eigenvalue weighted by Crippen LogP contribution is 2.23. The summed E-state index contributed by atoms with van der Waals surface area (Å²) in [4.78, 5) is 30.9. The van der Waals surface area contributed by atoms with E-state index in [9.17, 15) is 9.59 Å². The highest BCUT2D eigenvalue weighted by molar-refractivity contribution is 6.08. The van der Waals surface area contributed by atoms with Crippen LogP contribution >= 0.6 is 0 Å². The fourth-order valence-corrected chi connectivity index (χ4v) is 2.36. The van der Waals surface area contributed by atoms with E-state index in [-0.39, 0.29) is 17.6 Å². The second-order valence-corrected chi connectivity index (χ2v) is 5.87. The van der Waals surface area contributed by atoms with Crippen LogP contribution in [-0.2, 0) is 0 Å². The van der Waals surface area contributed by atoms with E-state index in [1.165, 1.54) is 12.4 Å². The Morgan fingerprint density at radius 2 is 1.78 bits per heavy atom. The van der Waals surface area contributed by atoms with Crippen molar-refractivity contribution in [1.82, 2.24) is 20.2 Å². The molecule has 0 aliphatic carbocycles. The van der Waals surface area contributed by atoms with Gasteiger partial charge in [-0.2, -0.15) is 5.10 Å². The number of ether oxygens (including phenoxy) is 1. The van der Waals surface area contributed by atoms with E-state index in [1.54, 1.807) is 6.07 Å². The molecule has 0 fully saturated rings. The number of amides is 1. The van der Waals surface area contributed by atoms with Crippen molar-refractivity contribution >= 4 is 17.7 Å². The zero-order valence-electron chi connectivity index (χ0n) is 14.6. The van der Waals surface area contributed by atoms with E-state index < -0.39 is 17.6 Å². The lowest BCUT2D eigenvalue weighted by Gasteiger charge is -2.09. The fourth-order valence-electron chi connectivity index (χ4n) is 2.36. The van der Waals surface area contributed by atoms with Crippen LogP contribution in [-0.4, -0.2) is 43.3 Å². The molecule has 3 rings (SSSR count). The maximum absolute atomic E-state index is 12.3. The highest BCUT2D eigenvalue weighted by Gasteiger charge is 2.20. The van der Waals surface area contributed by atoms with Crippen molar-refractivity contribution in [2.45, 2.75) is 20.0 Å². The van der Waals surface area contributed by atoms with Gasteiger partial charge >= 0.3 is 5.97 Å². The molecular weight excluding hydrogens is 350 g/mol. The number of carboxylic acid groups (broad SMARTS) is 1. The van der Waals surface area contributed by atoms with Crippen molar-refractivity contribution in [3.05, 3.63) is 54.1 Å². The van der Waals surface area contributed by atoms with Gasteiger partial charge in [0.25, 0.3) is 5.91 Å². The van der Waals surface area contributed by atoms with Crippen LogP contribution in [0.25, 0.3) is 11.3 Å². The smallest absolute Gasteiger partial charge is 0.356 e. The SMILES string of the molecule is CC(C)Oc1ccc(-c2cc(NC(=O)c3nccnc3C(=O)O)n[nH]2)cc1. The van der Waals surface area contributed by atoms with Crippen LogP contribution in [0.2, 0.25) is 0 Å². The van der Waals surface area contributed by atoms with E-state index in [0.29, 0.717) is 5.69 Å². The normalized spacial score (nSPS) is 10.6. The fraction of sp³-hybridized carbons (Fsp3) is 0.167. The summed E-state index contributed by atoms with van der Waals surface area (Å²) in [5.74, 6) is -1.05. The molecule has 0 saturated carbocycles. The molecule has 0 atom stereocenters. The molecule has 0 unspecified atom stereocenters. The van der Waals surface area contributed by atoms with Gasteiger partial charge in [0, 0.05) is 18.5 Å². The van der Waals surface area contributed by atoms with Crippen LogP contribution in [0.3, 0.4) is 0 Å². The standard InChI is InChI=1S/C18H17N5O4/c1-10(2)27-12-5-3-11(4-6-12)13-9-14(23-22-13)21-17(24)15-16(18(25)26)20-8-7-19-15/h3-10H,1-2H3,(H,25,26)(H2,21,22,23,24). The quantitative estimate of drug-likeness (QED) is 0.610. The minimum absolute atomic E-state index is 0.0848. The monoisotopic (exact) mass is 367 g/mol. The lowest BCUT2D eigenvalue weighted by Crippen LogP contribution is -2.19. The van der Waals surface area contributed by atoms with E-state index in [1.807, 2.05) is 38.1 Å². The van der Waals surface area contributed by atoms with Gasteiger partial charge in [-0.05, 0) is 43.7 Å². The third-order valence-corrected chi connectivity index (χ3v) is 3.47. The predicted octanol–water partition coefficient (Wildman–Crippen LogP) is 2.60. The molecule has 0 radical (unpaired) electrons. The van der Waals surface area contributed by atoms with Gasteiger partial charge in [0.2, 0.25) is 0 Å². The molecule has 0 spiro atoms. The van der Waals surface area contributed by atoms with Gasteiger partial charge in [-0.15, -0.1) is 0 Å². The Labute approximate surface area is 154 Å². The van der Waals surface area contributed by atoms with Gasteiger partial charge in [-0.25, -0.2) is 14.8 Å². The first-order valence-corrected chi connectivity index (χ1v) is 8.12. The van der Waals surface area contributed by atoms with Crippen LogP contribution in [0.5, 0.6) is 5.75 Å². The van der Waals surface area contributed by atoms with E-state index in [2.05, 4.69) is 25.5 Å². The van der Waals surface area contributed by atoms with E-state index in [0.717, 1.165) is 11.3 Å². The Hall–Kier alpha value is -3.75. The molecule has 2 heterocycles. The number of hydrogen-bond acceptors (Lipinski definition) is 6. The maximum Gasteiger partial charge on any atom is 0.356 e. The first-order chi connectivity index (χ1) is 12.9. The Morgan fingerprint density at radius 3 is 2.41 bits per heavy atom. The number of aromatic amines is 1. The number of rotatable bonds is 6. The molecule has 0 bridgehead atoms. The third kappa shape index (κ3) is 4.27. The van der Waals surface area contributed by atoms with Crippen LogP contribution in [0, 0.1) is 0 Å². The van der Waals surface area contributed by atoms with Crippen molar-refractivity contribution in [3.63, 3.8) is 0 Å². The molecule has 27 heavy (non-hydrogen) atoms. The average molecular weight is 367 g/mol. The number of carbonyl (C=O) groups excluding carboxylic acids is 1. The number of carboxylic acids is 1. The summed E-state index contributed by atoms with van der Waals surface area (Å²) >= 11 is 0. The van der Waals surface area contributed by atoms with Crippen molar-refractivity contribution in [2.75, 3.05) is 5.32 Å². The lowest BCUT2D eigenvalue weighted by molar-refractivity contribution is 0.0685. The number of benzene rings is 1. The molecule has 0 aliphatic heterocycles. The number of nitrogens with one attached hydrogen (secondary N) is 2. The Kier molecular flexibility index (Phi) is 5.11. The van der Waals surface area contributed by atoms with Gasteiger partial charge in [0.1, 0.15) is 5.75 Å². The molecular formula is C18H17N5O4. The van der Waals surface area contributed by atoms with Crippen molar-refractivity contribution in [1.29, 1.82) is 0 Å². The summed E-state index contributed by atoms with van der Waals surface area (Å²) in [5.41, 5.74) is 0.820. The average Bonchev–Trinajstić information content (AvgIpc) is 3.10. The molecule has 0 aliphatic rings. The minimum Gasteiger partial charge on any atom is -0.491 e. The Bertz CT molecular complexity index is 966. The molecule has 3 aromatic rings. The summed E-state index contributed by atoms with van der Waals surface area (Å²) < 4.78 is 5.60.